The molecule has 0 amide bonds. The van der Waals surface area contributed by atoms with Crippen LogP contribution >= 0.6 is 0 Å². The fraction of sp³-hybridized carbons (Fsp3) is 0.500. The van der Waals surface area contributed by atoms with Gasteiger partial charge in [-0.05, 0) is 69.9 Å². The third-order valence-electron chi connectivity index (χ3n) is 5.48. The van der Waals surface area contributed by atoms with Gasteiger partial charge in [-0.1, -0.05) is 12.1 Å². The van der Waals surface area contributed by atoms with Gasteiger partial charge < -0.3 is 20.0 Å². The Balaban J connectivity index is 1.59. The number of benzene rings is 1. The quantitative estimate of drug-likeness (QED) is 0.526. The second-order valence-electron chi connectivity index (χ2n) is 7.64. The highest BCUT2D eigenvalue weighted by Crippen LogP contribution is 2.25. The van der Waals surface area contributed by atoms with Gasteiger partial charge in [0.25, 0.3) is 0 Å². The van der Waals surface area contributed by atoms with Gasteiger partial charge in [0.2, 0.25) is 0 Å². The fourth-order valence-corrected chi connectivity index (χ4v) is 3.83. The molecule has 1 aliphatic heterocycles. The number of hydrogen-bond acceptors (Lipinski definition) is 4. The van der Waals surface area contributed by atoms with E-state index < -0.39 is 0 Å². The van der Waals surface area contributed by atoms with Gasteiger partial charge in [-0.15, -0.1) is 0 Å². The molecule has 3 rings (SSSR count). The lowest BCUT2D eigenvalue weighted by molar-refractivity contribution is 0.215. The van der Waals surface area contributed by atoms with Gasteiger partial charge in [0.05, 0.1) is 18.3 Å². The molecule has 6 nitrogen and oxygen atoms in total. The molecular formula is C22H32FN5O. The number of likely N-dealkylation sites (tertiary alicyclic amines) is 1. The molecule has 158 valence electrons. The average Bonchev–Trinajstić information content (AvgIpc) is 3.42. The molecule has 1 aromatic heterocycles. The molecule has 2 N–H and O–H groups in total. The number of nitrogens with one attached hydrogen (secondary N) is 2. The Morgan fingerprint density at radius 3 is 2.41 bits per heavy atom. The van der Waals surface area contributed by atoms with Crippen LogP contribution in [-0.2, 0) is 0 Å². The first-order chi connectivity index (χ1) is 14.1. The number of furan rings is 1. The SMILES string of the molecule is CN=C(NCC(c1ccc(F)cc1)N(C)C)NCC(c1ccco1)N1CCCC1. The molecule has 2 atom stereocenters. The van der Waals surface area contributed by atoms with E-state index in [0.717, 1.165) is 36.9 Å². The minimum atomic E-state index is -0.220. The summed E-state index contributed by atoms with van der Waals surface area (Å²) in [6, 6.07) is 10.9. The summed E-state index contributed by atoms with van der Waals surface area (Å²) in [5.74, 6) is 1.50. The van der Waals surface area contributed by atoms with E-state index >= 15 is 0 Å². The highest BCUT2D eigenvalue weighted by molar-refractivity contribution is 5.79. The fourth-order valence-electron chi connectivity index (χ4n) is 3.83. The summed E-state index contributed by atoms with van der Waals surface area (Å²) in [4.78, 5) is 8.95. The van der Waals surface area contributed by atoms with Crippen LogP contribution in [0, 0.1) is 5.82 Å². The number of guanidine groups is 1. The van der Waals surface area contributed by atoms with E-state index in [9.17, 15) is 4.39 Å². The molecule has 29 heavy (non-hydrogen) atoms. The second-order valence-corrected chi connectivity index (χ2v) is 7.64. The molecule has 2 aromatic rings. The van der Waals surface area contributed by atoms with Gasteiger partial charge in [0.1, 0.15) is 11.6 Å². The van der Waals surface area contributed by atoms with E-state index in [-0.39, 0.29) is 17.9 Å². The molecule has 1 aliphatic rings. The standard InChI is InChI=1S/C22H32FN5O/c1-24-22(25-15-19(27(2)3)17-8-10-18(23)11-9-17)26-16-20(21-7-6-14-29-21)28-12-4-5-13-28/h6-11,14,19-20H,4-5,12-13,15-16H2,1-3H3,(H2,24,25,26). The summed E-state index contributed by atoms with van der Waals surface area (Å²) in [6.45, 7) is 3.56. The normalized spacial score (nSPS) is 17.5. The van der Waals surface area contributed by atoms with E-state index in [4.69, 9.17) is 4.42 Å². The minimum Gasteiger partial charge on any atom is -0.468 e. The van der Waals surface area contributed by atoms with Gasteiger partial charge >= 0.3 is 0 Å². The number of aliphatic imine (C=N–C) groups is 1. The Kier molecular flexibility index (Phi) is 7.66. The van der Waals surface area contributed by atoms with Crippen LogP contribution in [0.15, 0.2) is 52.1 Å². The maximum absolute atomic E-state index is 13.3. The van der Waals surface area contributed by atoms with Crippen molar-refractivity contribution >= 4 is 5.96 Å². The van der Waals surface area contributed by atoms with Crippen LogP contribution in [-0.4, -0.2) is 63.1 Å². The van der Waals surface area contributed by atoms with Crippen molar-refractivity contribution in [2.24, 2.45) is 4.99 Å². The van der Waals surface area contributed by atoms with Gasteiger partial charge in [0, 0.05) is 20.1 Å². The monoisotopic (exact) mass is 401 g/mol. The Labute approximate surface area is 172 Å². The van der Waals surface area contributed by atoms with Gasteiger partial charge in [-0.3, -0.25) is 9.89 Å². The topological polar surface area (TPSA) is 56.0 Å². The van der Waals surface area contributed by atoms with Crippen molar-refractivity contribution < 1.29 is 8.81 Å². The Morgan fingerprint density at radius 1 is 1.14 bits per heavy atom. The molecule has 1 saturated heterocycles. The Morgan fingerprint density at radius 2 is 1.83 bits per heavy atom. The molecule has 0 aliphatic carbocycles. The van der Waals surface area contributed by atoms with E-state index in [2.05, 4.69) is 25.4 Å². The summed E-state index contributed by atoms with van der Waals surface area (Å²) in [7, 11) is 5.81. The van der Waals surface area contributed by atoms with Crippen LogP contribution in [0.1, 0.15) is 36.2 Å². The maximum Gasteiger partial charge on any atom is 0.191 e. The van der Waals surface area contributed by atoms with Gasteiger partial charge in [-0.2, -0.15) is 0 Å². The molecule has 2 unspecified atom stereocenters. The van der Waals surface area contributed by atoms with Crippen molar-refractivity contribution in [1.29, 1.82) is 0 Å². The zero-order valence-electron chi connectivity index (χ0n) is 17.6. The van der Waals surface area contributed by atoms with E-state index in [1.54, 1.807) is 13.3 Å². The first-order valence-corrected chi connectivity index (χ1v) is 10.2. The third-order valence-corrected chi connectivity index (χ3v) is 5.48. The van der Waals surface area contributed by atoms with Crippen molar-refractivity contribution in [2.45, 2.75) is 24.9 Å². The third kappa shape index (κ3) is 5.81. The minimum absolute atomic E-state index is 0.105. The van der Waals surface area contributed by atoms with Gasteiger partial charge in [0.15, 0.2) is 5.96 Å². The molecule has 1 fully saturated rings. The van der Waals surface area contributed by atoms with Crippen molar-refractivity contribution in [3.63, 3.8) is 0 Å². The number of rotatable bonds is 8. The Hall–Kier alpha value is -2.38. The van der Waals surface area contributed by atoms with Crippen LogP contribution < -0.4 is 10.6 Å². The van der Waals surface area contributed by atoms with Crippen molar-refractivity contribution in [2.75, 3.05) is 47.3 Å². The highest BCUT2D eigenvalue weighted by atomic mass is 19.1. The molecule has 0 saturated carbocycles. The lowest BCUT2D eigenvalue weighted by Gasteiger charge is -2.28. The highest BCUT2D eigenvalue weighted by Gasteiger charge is 2.25. The molecule has 7 heteroatoms. The first-order valence-electron chi connectivity index (χ1n) is 10.2. The summed E-state index contributed by atoms with van der Waals surface area (Å²) in [5, 5.41) is 6.86. The summed E-state index contributed by atoms with van der Waals surface area (Å²) in [5.41, 5.74) is 1.06. The van der Waals surface area contributed by atoms with Crippen LogP contribution in [0.5, 0.6) is 0 Å². The van der Waals surface area contributed by atoms with E-state index in [0.29, 0.717) is 6.54 Å². The molecular weight excluding hydrogens is 369 g/mol. The number of halogens is 1. The van der Waals surface area contributed by atoms with Crippen molar-refractivity contribution in [3.8, 4) is 0 Å². The average molecular weight is 402 g/mol. The van der Waals surface area contributed by atoms with Crippen LogP contribution in [0.3, 0.4) is 0 Å². The zero-order valence-corrected chi connectivity index (χ0v) is 17.6. The smallest absolute Gasteiger partial charge is 0.191 e. The summed E-state index contributed by atoms with van der Waals surface area (Å²) >= 11 is 0. The second kappa shape index (κ2) is 10.4. The van der Waals surface area contributed by atoms with Crippen molar-refractivity contribution in [1.82, 2.24) is 20.4 Å². The number of likely N-dealkylation sites (N-methyl/N-ethyl adjacent to an activating group) is 1. The molecule has 1 aromatic carbocycles. The lowest BCUT2D eigenvalue weighted by atomic mass is 10.1. The molecule has 0 spiro atoms. The molecule has 0 bridgehead atoms. The Bertz CT molecular complexity index is 754. The predicted molar refractivity (Wildman–Crippen MR) is 114 cm³/mol. The molecule has 0 radical (unpaired) electrons. The van der Waals surface area contributed by atoms with Crippen LogP contribution in [0.25, 0.3) is 0 Å². The predicted octanol–water partition coefficient (Wildman–Crippen LogP) is 3.02. The first kappa shape index (κ1) is 21.3. The van der Waals surface area contributed by atoms with Crippen LogP contribution in [0.2, 0.25) is 0 Å². The lowest BCUT2D eigenvalue weighted by Crippen LogP contribution is -2.45. The summed E-state index contributed by atoms with van der Waals surface area (Å²) < 4.78 is 19.0. The van der Waals surface area contributed by atoms with Gasteiger partial charge in [-0.25, -0.2) is 4.39 Å². The van der Waals surface area contributed by atoms with Crippen LogP contribution in [0.4, 0.5) is 4.39 Å². The van der Waals surface area contributed by atoms with Crippen molar-refractivity contribution in [3.05, 3.63) is 59.8 Å². The largest absolute Gasteiger partial charge is 0.468 e. The molecule has 2 heterocycles. The zero-order chi connectivity index (χ0) is 20.6. The number of hydrogen-bond donors (Lipinski definition) is 2. The number of nitrogens with zero attached hydrogens (tertiary/aromatic N) is 3. The van der Waals surface area contributed by atoms with E-state index in [1.165, 1.54) is 25.0 Å². The van der Waals surface area contributed by atoms with E-state index in [1.807, 2.05) is 38.4 Å². The summed E-state index contributed by atoms with van der Waals surface area (Å²) in [6.07, 6.45) is 4.19. The maximum atomic E-state index is 13.3.